The van der Waals surface area contributed by atoms with Gasteiger partial charge < -0.3 is 24.1 Å². The standard InChI is InChI=1S/C30H34N2O5/c1-5-31(6-2)16-17-32-27(25-15-10-21(4)37-25)26(29(34)30(32)35)28(33)23-11-13-24(14-12-23)36-19-22-9-7-8-20(3)18-22/h7-15,18,27,33H,5-6,16-17,19H2,1-4H3/b28-26-. The highest BCUT2D eigenvalue weighted by Crippen LogP contribution is 2.40. The number of aliphatic hydroxyl groups is 1. The number of likely N-dealkylation sites (tertiary alicyclic amines) is 1. The number of hydrogen-bond donors (Lipinski definition) is 1. The maximum absolute atomic E-state index is 13.2. The van der Waals surface area contributed by atoms with Crippen LogP contribution >= 0.6 is 0 Å². The van der Waals surface area contributed by atoms with Gasteiger partial charge in [-0.1, -0.05) is 43.7 Å². The van der Waals surface area contributed by atoms with Crippen molar-refractivity contribution in [3.8, 4) is 5.75 Å². The topological polar surface area (TPSA) is 83.2 Å². The summed E-state index contributed by atoms with van der Waals surface area (Å²) < 4.78 is 11.7. The van der Waals surface area contributed by atoms with Gasteiger partial charge in [-0.2, -0.15) is 0 Å². The molecule has 0 aliphatic carbocycles. The van der Waals surface area contributed by atoms with E-state index in [9.17, 15) is 14.7 Å². The summed E-state index contributed by atoms with van der Waals surface area (Å²) in [6.07, 6.45) is 0. The fourth-order valence-corrected chi connectivity index (χ4v) is 4.63. The molecule has 0 spiro atoms. The van der Waals surface area contributed by atoms with Crippen LogP contribution in [0.25, 0.3) is 5.76 Å². The highest BCUT2D eigenvalue weighted by Gasteiger charge is 2.47. The molecular formula is C30H34N2O5. The van der Waals surface area contributed by atoms with Crippen molar-refractivity contribution in [2.45, 2.75) is 40.3 Å². The summed E-state index contributed by atoms with van der Waals surface area (Å²) in [4.78, 5) is 29.9. The van der Waals surface area contributed by atoms with E-state index in [0.717, 1.165) is 24.2 Å². The van der Waals surface area contributed by atoms with Crippen LogP contribution in [0.3, 0.4) is 0 Å². The number of carbonyl (C=O) groups is 2. The lowest BCUT2D eigenvalue weighted by atomic mass is 9.99. The first-order valence-corrected chi connectivity index (χ1v) is 12.7. The van der Waals surface area contributed by atoms with Gasteiger partial charge in [-0.15, -0.1) is 0 Å². The molecule has 4 rings (SSSR count). The van der Waals surface area contributed by atoms with Gasteiger partial charge in [0.15, 0.2) is 0 Å². The highest BCUT2D eigenvalue weighted by molar-refractivity contribution is 6.46. The molecule has 1 aromatic heterocycles. The minimum Gasteiger partial charge on any atom is -0.507 e. The predicted molar refractivity (Wildman–Crippen MR) is 142 cm³/mol. The van der Waals surface area contributed by atoms with Crippen LogP contribution in [0.5, 0.6) is 5.75 Å². The second kappa shape index (κ2) is 11.5. The van der Waals surface area contributed by atoms with Crippen LogP contribution in [0.4, 0.5) is 0 Å². The van der Waals surface area contributed by atoms with E-state index in [2.05, 4.69) is 24.8 Å². The smallest absolute Gasteiger partial charge is 0.295 e. The van der Waals surface area contributed by atoms with Crippen molar-refractivity contribution in [2.75, 3.05) is 26.2 Å². The minimum absolute atomic E-state index is 0.0346. The molecule has 2 heterocycles. The van der Waals surface area contributed by atoms with Gasteiger partial charge in [0.1, 0.15) is 35.7 Å². The SMILES string of the molecule is CCN(CC)CCN1C(=O)C(=O)/C(=C(\O)c2ccc(OCc3cccc(C)c3)cc2)C1c1ccc(C)o1. The number of nitrogens with zero attached hydrogens (tertiary/aromatic N) is 2. The van der Waals surface area contributed by atoms with Crippen LogP contribution < -0.4 is 4.74 Å². The molecule has 7 nitrogen and oxygen atoms in total. The number of ketones is 1. The first kappa shape index (κ1) is 26.2. The Balaban J connectivity index is 1.61. The van der Waals surface area contributed by atoms with Crippen LogP contribution in [0.1, 0.15) is 48.1 Å². The number of carbonyl (C=O) groups excluding carboxylic acids is 2. The Morgan fingerprint density at radius 3 is 2.38 bits per heavy atom. The molecule has 1 atom stereocenters. The van der Waals surface area contributed by atoms with Gasteiger partial charge in [-0.25, -0.2) is 0 Å². The zero-order valence-corrected chi connectivity index (χ0v) is 21.9. The Morgan fingerprint density at radius 2 is 1.76 bits per heavy atom. The molecule has 7 heteroatoms. The quantitative estimate of drug-likeness (QED) is 0.232. The number of likely N-dealkylation sites (N-methyl/N-ethyl adjacent to an activating group) is 1. The molecule has 1 aliphatic heterocycles. The summed E-state index contributed by atoms with van der Waals surface area (Å²) in [7, 11) is 0. The second-order valence-electron chi connectivity index (χ2n) is 9.27. The molecule has 1 aliphatic rings. The number of amides is 1. The first-order chi connectivity index (χ1) is 17.8. The molecule has 2 aromatic carbocycles. The van der Waals surface area contributed by atoms with Crippen molar-refractivity contribution in [3.63, 3.8) is 0 Å². The lowest BCUT2D eigenvalue weighted by Crippen LogP contribution is -2.37. The van der Waals surface area contributed by atoms with E-state index >= 15 is 0 Å². The Bertz CT molecular complexity index is 1290. The van der Waals surface area contributed by atoms with E-state index in [0.29, 0.717) is 42.5 Å². The molecule has 1 amide bonds. The van der Waals surface area contributed by atoms with Crippen molar-refractivity contribution in [2.24, 2.45) is 0 Å². The molecule has 0 saturated carbocycles. The van der Waals surface area contributed by atoms with Crippen LogP contribution in [0, 0.1) is 13.8 Å². The molecule has 1 saturated heterocycles. The van der Waals surface area contributed by atoms with Gasteiger partial charge in [-0.05, 0) is 68.9 Å². The predicted octanol–water partition coefficient (Wildman–Crippen LogP) is 5.24. The summed E-state index contributed by atoms with van der Waals surface area (Å²) in [6.45, 7) is 11.0. The van der Waals surface area contributed by atoms with Crippen molar-refractivity contribution in [1.82, 2.24) is 9.80 Å². The van der Waals surface area contributed by atoms with Gasteiger partial charge in [0.05, 0.1) is 5.57 Å². The minimum atomic E-state index is -0.790. The van der Waals surface area contributed by atoms with Crippen LogP contribution in [0.2, 0.25) is 0 Å². The summed E-state index contributed by atoms with van der Waals surface area (Å²) in [5.74, 6) is 0.181. The van der Waals surface area contributed by atoms with Crippen molar-refractivity contribution < 1.29 is 23.8 Å². The molecule has 1 unspecified atom stereocenters. The summed E-state index contributed by atoms with van der Waals surface area (Å²) >= 11 is 0. The van der Waals surface area contributed by atoms with E-state index in [1.807, 2.05) is 25.1 Å². The third kappa shape index (κ3) is 5.78. The number of ether oxygens (including phenoxy) is 1. The summed E-state index contributed by atoms with van der Waals surface area (Å²) in [5, 5.41) is 11.3. The monoisotopic (exact) mass is 502 g/mol. The third-order valence-electron chi connectivity index (χ3n) is 6.74. The van der Waals surface area contributed by atoms with Crippen molar-refractivity contribution >= 4 is 17.4 Å². The number of aliphatic hydroxyl groups excluding tert-OH is 1. The van der Waals surface area contributed by atoms with E-state index in [1.54, 1.807) is 43.3 Å². The molecule has 0 radical (unpaired) electrons. The largest absolute Gasteiger partial charge is 0.507 e. The van der Waals surface area contributed by atoms with E-state index < -0.39 is 17.7 Å². The molecule has 0 bridgehead atoms. The van der Waals surface area contributed by atoms with Crippen molar-refractivity contribution in [1.29, 1.82) is 0 Å². The molecule has 1 N–H and O–H groups in total. The van der Waals surface area contributed by atoms with Crippen LogP contribution in [-0.4, -0.2) is 52.8 Å². The Labute approximate surface area is 218 Å². The van der Waals surface area contributed by atoms with E-state index in [4.69, 9.17) is 9.15 Å². The van der Waals surface area contributed by atoms with Gasteiger partial charge >= 0.3 is 0 Å². The number of hydrogen-bond acceptors (Lipinski definition) is 6. The number of Topliss-reactive ketones (excluding diaryl/α,β-unsaturated/α-hetero) is 1. The molecular weight excluding hydrogens is 468 g/mol. The third-order valence-corrected chi connectivity index (χ3v) is 6.74. The van der Waals surface area contributed by atoms with Crippen LogP contribution in [0.15, 0.2) is 70.7 Å². The Morgan fingerprint density at radius 1 is 1.03 bits per heavy atom. The Kier molecular flexibility index (Phi) is 8.14. The zero-order chi connectivity index (χ0) is 26.5. The highest BCUT2D eigenvalue weighted by atomic mass is 16.5. The number of benzene rings is 2. The maximum atomic E-state index is 13.2. The normalized spacial score (nSPS) is 17.1. The molecule has 37 heavy (non-hydrogen) atoms. The number of aryl methyl sites for hydroxylation is 2. The molecule has 1 fully saturated rings. The molecule has 194 valence electrons. The van der Waals surface area contributed by atoms with E-state index in [-0.39, 0.29) is 11.3 Å². The average Bonchev–Trinajstić information content (AvgIpc) is 3.44. The van der Waals surface area contributed by atoms with Gasteiger partial charge in [0, 0.05) is 18.7 Å². The summed E-state index contributed by atoms with van der Waals surface area (Å²) in [6, 6.07) is 17.7. The zero-order valence-electron chi connectivity index (χ0n) is 21.9. The lowest BCUT2D eigenvalue weighted by Gasteiger charge is -2.26. The van der Waals surface area contributed by atoms with Crippen molar-refractivity contribution in [3.05, 3.63) is 94.4 Å². The lowest BCUT2D eigenvalue weighted by molar-refractivity contribution is -0.140. The van der Waals surface area contributed by atoms with E-state index in [1.165, 1.54) is 4.90 Å². The number of rotatable bonds is 10. The maximum Gasteiger partial charge on any atom is 0.295 e. The average molecular weight is 503 g/mol. The molecule has 3 aromatic rings. The second-order valence-corrected chi connectivity index (χ2v) is 9.27. The van der Waals surface area contributed by atoms with Gasteiger partial charge in [-0.3, -0.25) is 9.59 Å². The fourth-order valence-electron chi connectivity index (χ4n) is 4.63. The Hall–Kier alpha value is -3.84. The van der Waals surface area contributed by atoms with Gasteiger partial charge in [0.2, 0.25) is 0 Å². The number of furan rings is 1. The first-order valence-electron chi connectivity index (χ1n) is 12.7. The van der Waals surface area contributed by atoms with Crippen LogP contribution in [-0.2, 0) is 16.2 Å². The summed E-state index contributed by atoms with van der Waals surface area (Å²) in [5.41, 5.74) is 2.69. The fraction of sp³-hybridized carbons (Fsp3) is 0.333. The van der Waals surface area contributed by atoms with Gasteiger partial charge in [0.25, 0.3) is 11.7 Å².